The monoisotopic (exact) mass is 302 g/mol. The molecule has 3 heteroatoms. The van der Waals surface area contributed by atoms with Crippen LogP contribution in [0.25, 0.3) is 10.9 Å². The quantitative estimate of drug-likeness (QED) is 0.732. The van der Waals surface area contributed by atoms with E-state index in [-0.39, 0.29) is 11.4 Å². The highest BCUT2D eigenvalue weighted by Gasteiger charge is 2.49. The second-order valence-electron chi connectivity index (χ2n) is 6.56. The third-order valence-electron chi connectivity index (χ3n) is 5.55. The average molecular weight is 302 g/mol. The molecule has 1 aromatic heterocycles. The summed E-state index contributed by atoms with van der Waals surface area (Å²) in [6.45, 7) is 0.787. The van der Waals surface area contributed by atoms with Crippen molar-refractivity contribution in [2.45, 2.75) is 24.8 Å². The maximum absolute atomic E-state index is 12.7. The van der Waals surface area contributed by atoms with Gasteiger partial charge in [-0.3, -0.25) is 4.79 Å². The molecule has 5 rings (SSSR count). The smallest absolute Gasteiger partial charge is 0.223 e. The molecule has 23 heavy (non-hydrogen) atoms. The van der Waals surface area contributed by atoms with Crippen molar-refractivity contribution in [2.24, 2.45) is 0 Å². The molecule has 0 saturated carbocycles. The molecule has 1 unspecified atom stereocenters. The first kappa shape index (κ1) is 12.9. The van der Waals surface area contributed by atoms with Gasteiger partial charge < -0.3 is 9.88 Å². The molecule has 3 heterocycles. The largest absolute Gasteiger partial charge is 0.361 e. The van der Waals surface area contributed by atoms with Crippen LogP contribution in [0.15, 0.2) is 54.7 Å². The van der Waals surface area contributed by atoms with Gasteiger partial charge in [-0.25, -0.2) is 0 Å². The van der Waals surface area contributed by atoms with Gasteiger partial charge in [0.1, 0.15) is 0 Å². The lowest BCUT2D eigenvalue weighted by Crippen LogP contribution is -2.44. The minimum Gasteiger partial charge on any atom is -0.361 e. The molecular formula is C20H18N2O. The maximum Gasteiger partial charge on any atom is 0.223 e. The zero-order valence-electron chi connectivity index (χ0n) is 12.9. The van der Waals surface area contributed by atoms with E-state index in [0.717, 1.165) is 19.4 Å². The van der Waals surface area contributed by atoms with E-state index >= 15 is 0 Å². The number of carbonyl (C=O) groups is 1. The predicted molar refractivity (Wildman–Crippen MR) is 90.2 cm³/mol. The fourth-order valence-corrected chi connectivity index (χ4v) is 4.57. The van der Waals surface area contributed by atoms with E-state index in [1.165, 1.54) is 27.6 Å². The third kappa shape index (κ3) is 1.57. The molecule has 1 N–H and O–H groups in total. The molecule has 0 radical (unpaired) electrons. The summed E-state index contributed by atoms with van der Waals surface area (Å²) in [7, 11) is 0. The lowest BCUT2D eigenvalue weighted by atomic mass is 9.79. The predicted octanol–water partition coefficient (Wildman–Crippen LogP) is 3.59. The van der Waals surface area contributed by atoms with Gasteiger partial charge in [0.15, 0.2) is 0 Å². The molecule has 3 aromatic rings. The Bertz CT molecular complexity index is 912. The highest BCUT2D eigenvalue weighted by Crippen LogP contribution is 2.49. The van der Waals surface area contributed by atoms with Crippen LogP contribution in [0, 0.1) is 0 Å². The van der Waals surface area contributed by atoms with Crippen molar-refractivity contribution in [3.05, 3.63) is 71.4 Å². The molecule has 114 valence electrons. The van der Waals surface area contributed by atoms with Gasteiger partial charge >= 0.3 is 0 Å². The van der Waals surface area contributed by atoms with Crippen LogP contribution in [0.2, 0.25) is 0 Å². The van der Waals surface area contributed by atoms with Crippen molar-refractivity contribution >= 4 is 16.8 Å². The highest BCUT2D eigenvalue weighted by molar-refractivity contribution is 5.91. The Balaban J connectivity index is 1.90. The number of aromatic amines is 1. The minimum absolute atomic E-state index is 0.278. The number of amides is 1. The van der Waals surface area contributed by atoms with Crippen LogP contribution >= 0.6 is 0 Å². The van der Waals surface area contributed by atoms with Crippen molar-refractivity contribution in [2.75, 3.05) is 6.54 Å². The van der Waals surface area contributed by atoms with Crippen LogP contribution < -0.4 is 0 Å². The van der Waals surface area contributed by atoms with E-state index in [1.807, 2.05) is 6.07 Å². The Morgan fingerprint density at radius 3 is 2.74 bits per heavy atom. The molecule has 2 aliphatic rings. The summed E-state index contributed by atoms with van der Waals surface area (Å²) in [5.74, 6) is 0.278. The standard InChI is InChI=1S/C20H18N2O/c23-18-9-11-20(15-5-2-1-3-6-15)16-7-4-8-17-19(16)14(13-21-17)10-12-22(18)20/h1-8,13,21H,9-12H2. The van der Waals surface area contributed by atoms with E-state index in [1.54, 1.807) is 0 Å². The zero-order chi connectivity index (χ0) is 15.4. The first-order valence-electron chi connectivity index (χ1n) is 8.26. The van der Waals surface area contributed by atoms with Gasteiger partial charge in [0.2, 0.25) is 5.91 Å². The molecule has 1 amide bonds. The third-order valence-corrected chi connectivity index (χ3v) is 5.55. The van der Waals surface area contributed by atoms with Gasteiger partial charge in [0, 0.05) is 30.1 Å². The second kappa shape index (κ2) is 4.48. The van der Waals surface area contributed by atoms with Gasteiger partial charge in [-0.1, -0.05) is 42.5 Å². The summed E-state index contributed by atoms with van der Waals surface area (Å²) in [4.78, 5) is 18.2. The van der Waals surface area contributed by atoms with Crippen LogP contribution in [0.5, 0.6) is 0 Å². The number of benzene rings is 2. The molecule has 2 aliphatic heterocycles. The molecular weight excluding hydrogens is 284 g/mol. The number of nitrogens with zero attached hydrogens (tertiary/aromatic N) is 1. The second-order valence-corrected chi connectivity index (χ2v) is 6.56. The summed E-state index contributed by atoms with van der Waals surface area (Å²) in [6, 6.07) is 17.0. The summed E-state index contributed by atoms with van der Waals surface area (Å²) < 4.78 is 0. The highest BCUT2D eigenvalue weighted by atomic mass is 16.2. The van der Waals surface area contributed by atoms with Crippen molar-refractivity contribution in [3.63, 3.8) is 0 Å². The molecule has 2 aromatic carbocycles. The summed E-state index contributed by atoms with van der Waals surface area (Å²) >= 11 is 0. The van der Waals surface area contributed by atoms with E-state index in [2.05, 4.69) is 58.5 Å². The molecule has 1 saturated heterocycles. The number of hydrogen-bond donors (Lipinski definition) is 1. The van der Waals surface area contributed by atoms with Gasteiger partial charge in [0.05, 0.1) is 5.54 Å². The van der Waals surface area contributed by atoms with E-state index in [4.69, 9.17) is 0 Å². The number of hydrogen-bond acceptors (Lipinski definition) is 1. The maximum atomic E-state index is 12.7. The molecule has 1 atom stereocenters. The van der Waals surface area contributed by atoms with Gasteiger partial charge in [0.25, 0.3) is 0 Å². The molecule has 1 fully saturated rings. The fourth-order valence-electron chi connectivity index (χ4n) is 4.57. The zero-order valence-corrected chi connectivity index (χ0v) is 12.9. The first-order valence-corrected chi connectivity index (χ1v) is 8.26. The van der Waals surface area contributed by atoms with Crippen LogP contribution in [-0.2, 0) is 16.8 Å². The normalized spacial score (nSPS) is 23.1. The van der Waals surface area contributed by atoms with Gasteiger partial charge in [-0.2, -0.15) is 0 Å². The Labute approximate surface area is 134 Å². The van der Waals surface area contributed by atoms with Crippen molar-refractivity contribution < 1.29 is 4.79 Å². The Morgan fingerprint density at radius 1 is 1.00 bits per heavy atom. The first-order chi connectivity index (χ1) is 11.3. The van der Waals surface area contributed by atoms with Gasteiger partial charge in [-0.05, 0) is 35.6 Å². The number of carbonyl (C=O) groups excluding carboxylic acids is 1. The number of nitrogens with one attached hydrogen (secondary N) is 1. The van der Waals surface area contributed by atoms with Crippen LogP contribution in [0.1, 0.15) is 29.5 Å². The van der Waals surface area contributed by atoms with E-state index in [0.29, 0.717) is 6.42 Å². The lowest BCUT2D eigenvalue weighted by molar-refractivity contribution is -0.130. The SMILES string of the molecule is O=C1CCC2(c3ccccc3)c3cccc4[nH]cc(c34)CCN12. The molecule has 0 aliphatic carbocycles. The minimum atomic E-state index is -0.314. The number of fused-ring (bicyclic) bond motifs is 2. The Kier molecular flexibility index (Phi) is 2.52. The summed E-state index contributed by atoms with van der Waals surface area (Å²) in [5.41, 5.74) is 4.70. The molecule has 0 spiro atoms. The Hall–Kier alpha value is -2.55. The molecule has 3 nitrogen and oxygen atoms in total. The summed E-state index contributed by atoms with van der Waals surface area (Å²) in [6.07, 6.45) is 4.52. The van der Waals surface area contributed by atoms with Crippen molar-refractivity contribution in [1.29, 1.82) is 0 Å². The topological polar surface area (TPSA) is 36.1 Å². The number of rotatable bonds is 1. The van der Waals surface area contributed by atoms with Crippen LogP contribution in [0.3, 0.4) is 0 Å². The molecule has 0 bridgehead atoms. The van der Waals surface area contributed by atoms with Crippen molar-refractivity contribution in [1.82, 2.24) is 9.88 Å². The van der Waals surface area contributed by atoms with Crippen molar-refractivity contribution in [3.8, 4) is 0 Å². The van der Waals surface area contributed by atoms with Crippen LogP contribution in [-0.4, -0.2) is 22.3 Å². The summed E-state index contributed by atoms with van der Waals surface area (Å²) in [5, 5.41) is 1.31. The average Bonchev–Trinajstić information content (AvgIpc) is 3.11. The lowest BCUT2D eigenvalue weighted by Gasteiger charge is -2.39. The number of H-pyrrole nitrogens is 1. The van der Waals surface area contributed by atoms with Gasteiger partial charge in [-0.15, -0.1) is 0 Å². The fraction of sp³-hybridized carbons (Fsp3) is 0.250. The Morgan fingerprint density at radius 2 is 1.87 bits per heavy atom. The van der Waals surface area contributed by atoms with E-state index < -0.39 is 0 Å². The van der Waals surface area contributed by atoms with Crippen LogP contribution in [0.4, 0.5) is 0 Å². The van der Waals surface area contributed by atoms with E-state index in [9.17, 15) is 4.79 Å². The number of aromatic nitrogens is 1.